The topological polar surface area (TPSA) is 110 Å². The van der Waals surface area contributed by atoms with Gasteiger partial charge in [-0.15, -0.1) is 0 Å². The van der Waals surface area contributed by atoms with E-state index < -0.39 is 20.9 Å². The summed E-state index contributed by atoms with van der Waals surface area (Å²) < 4.78 is 25.0. The maximum absolute atomic E-state index is 12.2. The minimum Gasteiger partial charge on any atom is -0.316 e. The normalized spacial score (nSPS) is 11.4. The Morgan fingerprint density at radius 3 is 2.28 bits per heavy atom. The zero-order chi connectivity index (χ0) is 18.8. The second kappa shape index (κ2) is 7.18. The molecule has 0 atom stereocenters. The quantitative estimate of drug-likeness (QED) is 0.630. The molecule has 0 aliphatic rings. The van der Waals surface area contributed by atoms with Crippen molar-refractivity contribution in [3.8, 4) is 0 Å². The second-order valence-corrected chi connectivity index (χ2v) is 7.77. The van der Waals surface area contributed by atoms with E-state index in [0.717, 1.165) is 10.4 Å². The van der Waals surface area contributed by atoms with Gasteiger partial charge in [0.05, 0.1) is 9.82 Å². The van der Waals surface area contributed by atoms with Crippen LogP contribution in [0.25, 0.3) is 0 Å². The van der Waals surface area contributed by atoms with Crippen molar-refractivity contribution in [2.24, 2.45) is 0 Å². The van der Waals surface area contributed by atoms with Crippen LogP contribution in [-0.2, 0) is 10.0 Å². The van der Waals surface area contributed by atoms with Crippen molar-refractivity contribution in [1.29, 1.82) is 0 Å². The molecule has 0 aliphatic heterocycles. The lowest BCUT2D eigenvalue weighted by molar-refractivity contribution is -0.383. The van der Waals surface area contributed by atoms with Crippen molar-refractivity contribution < 1.29 is 18.1 Å². The highest BCUT2D eigenvalue weighted by Crippen LogP contribution is 2.28. The van der Waals surface area contributed by atoms with Crippen LogP contribution in [0.15, 0.2) is 47.4 Å². The predicted molar refractivity (Wildman–Crippen MR) is 93.4 cm³/mol. The van der Waals surface area contributed by atoms with Crippen molar-refractivity contribution in [2.45, 2.75) is 4.90 Å². The van der Waals surface area contributed by atoms with Crippen LogP contribution in [0.4, 0.5) is 11.4 Å². The van der Waals surface area contributed by atoms with Gasteiger partial charge in [-0.25, -0.2) is 12.7 Å². The number of nitrogens with zero attached hydrogens (tertiary/aromatic N) is 2. The zero-order valence-corrected chi connectivity index (χ0v) is 14.8. The fourth-order valence-corrected chi connectivity index (χ4v) is 3.01. The summed E-state index contributed by atoms with van der Waals surface area (Å²) in [6.45, 7) is 0. The Morgan fingerprint density at radius 2 is 1.76 bits per heavy atom. The number of halogens is 1. The van der Waals surface area contributed by atoms with Crippen molar-refractivity contribution in [3.63, 3.8) is 0 Å². The summed E-state index contributed by atoms with van der Waals surface area (Å²) in [5.41, 5.74) is -0.195. The van der Waals surface area contributed by atoms with E-state index in [-0.39, 0.29) is 26.9 Å². The average Bonchev–Trinajstić information content (AvgIpc) is 2.56. The van der Waals surface area contributed by atoms with E-state index in [1.807, 2.05) is 0 Å². The number of anilines is 1. The fraction of sp³-hybridized carbons (Fsp3) is 0.133. The molecule has 2 aromatic carbocycles. The molecule has 0 unspecified atom stereocenters. The minimum absolute atomic E-state index is 0.00982. The largest absolute Gasteiger partial charge is 0.316 e. The molecule has 0 aromatic heterocycles. The van der Waals surface area contributed by atoms with Crippen LogP contribution in [0.5, 0.6) is 0 Å². The van der Waals surface area contributed by atoms with Crippen LogP contribution in [0, 0.1) is 10.1 Å². The molecule has 1 N–H and O–H groups in total. The number of hydrogen-bond donors (Lipinski definition) is 1. The molecule has 0 heterocycles. The average molecular weight is 384 g/mol. The first-order valence-corrected chi connectivity index (χ1v) is 8.72. The maximum Gasteiger partial charge on any atom is 0.294 e. The molecule has 10 heteroatoms. The molecule has 2 rings (SSSR count). The number of hydrogen-bond acceptors (Lipinski definition) is 5. The van der Waals surface area contributed by atoms with Crippen LogP contribution >= 0.6 is 11.6 Å². The van der Waals surface area contributed by atoms with Gasteiger partial charge in [-0.3, -0.25) is 14.9 Å². The zero-order valence-electron chi connectivity index (χ0n) is 13.3. The molecule has 0 spiro atoms. The van der Waals surface area contributed by atoms with Crippen LogP contribution < -0.4 is 5.32 Å². The van der Waals surface area contributed by atoms with Gasteiger partial charge in [0.25, 0.3) is 11.6 Å². The summed E-state index contributed by atoms with van der Waals surface area (Å²) >= 11 is 5.72. The molecular formula is C15H14ClN3O5S. The minimum atomic E-state index is -3.60. The highest BCUT2D eigenvalue weighted by Gasteiger charge is 2.19. The molecule has 0 saturated heterocycles. The number of nitro groups is 1. The molecule has 8 nitrogen and oxygen atoms in total. The Labute approximate surface area is 149 Å². The third kappa shape index (κ3) is 4.13. The molecule has 25 heavy (non-hydrogen) atoms. The van der Waals surface area contributed by atoms with Gasteiger partial charge in [-0.2, -0.15) is 0 Å². The monoisotopic (exact) mass is 383 g/mol. The standard InChI is InChI=1S/C15H14ClN3O5S/c1-18(2)25(23,24)12-6-3-10(4-7-12)15(20)17-13-8-5-11(16)9-14(13)19(21)22/h3-9H,1-2H3,(H,17,20). The van der Waals surface area contributed by atoms with Gasteiger partial charge < -0.3 is 5.32 Å². The van der Waals surface area contributed by atoms with E-state index >= 15 is 0 Å². The molecular weight excluding hydrogens is 370 g/mol. The molecule has 2 aromatic rings. The Kier molecular flexibility index (Phi) is 5.41. The lowest BCUT2D eigenvalue weighted by atomic mass is 10.2. The number of carbonyl (C=O) groups excluding carboxylic acids is 1. The highest BCUT2D eigenvalue weighted by molar-refractivity contribution is 7.89. The Balaban J connectivity index is 2.27. The SMILES string of the molecule is CN(C)S(=O)(=O)c1ccc(C(=O)Nc2ccc(Cl)cc2[N+](=O)[O-])cc1. The smallest absolute Gasteiger partial charge is 0.294 e. The van der Waals surface area contributed by atoms with Crippen molar-refractivity contribution in [3.05, 3.63) is 63.2 Å². The summed E-state index contributed by atoms with van der Waals surface area (Å²) in [5.74, 6) is -0.612. The predicted octanol–water partition coefficient (Wildman–Crippen LogP) is 2.75. The Hall–Kier alpha value is -2.49. The lowest BCUT2D eigenvalue weighted by Gasteiger charge is -2.11. The van der Waals surface area contributed by atoms with E-state index in [4.69, 9.17) is 11.6 Å². The second-order valence-electron chi connectivity index (χ2n) is 5.18. The van der Waals surface area contributed by atoms with Gasteiger partial charge in [0.15, 0.2) is 0 Å². The Morgan fingerprint density at radius 1 is 1.16 bits per heavy atom. The highest BCUT2D eigenvalue weighted by atomic mass is 35.5. The van der Waals surface area contributed by atoms with Gasteiger partial charge in [-0.1, -0.05) is 11.6 Å². The van der Waals surface area contributed by atoms with Crippen LogP contribution in [-0.4, -0.2) is 37.6 Å². The van der Waals surface area contributed by atoms with Gasteiger partial charge in [0.1, 0.15) is 5.69 Å². The molecule has 1 amide bonds. The number of nitrogens with one attached hydrogen (secondary N) is 1. The number of rotatable bonds is 5. The summed E-state index contributed by atoms with van der Waals surface area (Å²) in [7, 11) is -0.806. The van der Waals surface area contributed by atoms with Crippen LogP contribution in [0.2, 0.25) is 5.02 Å². The van der Waals surface area contributed by atoms with Gasteiger partial charge in [0.2, 0.25) is 10.0 Å². The first-order chi connectivity index (χ1) is 11.6. The lowest BCUT2D eigenvalue weighted by Crippen LogP contribution is -2.22. The molecule has 0 aliphatic carbocycles. The van der Waals surface area contributed by atoms with E-state index in [1.54, 1.807) is 0 Å². The molecule has 0 fully saturated rings. The molecule has 0 bridgehead atoms. The van der Waals surface area contributed by atoms with Crippen molar-refractivity contribution >= 4 is 38.9 Å². The first-order valence-electron chi connectivity index (χ1n) is 6.91. The third-order valence-electron chi connectivity index (χ3n) is 3.30. The summed E-state index contributed by atoms with van der Waals surface area (Å²) in [6.07, 6.45) is 0. The van der Waals surface area contributed by atoms with E-state index in [1.165, 1.54) is 50.5 Å². The van der Waals surface area contributed by atoms with Crippen molar-refractivity contribution in [2.75, 3.05) is 19.4 Å². The Bertz CT molecular complexity index is 927. The fourth-order valence-electron chi connectivity index (χ4n) is 1.95. The molecule has 0 radical (unpaired) electrons. The van der Waals surface area contributed by atoms with E-state index in [2.05, 4.69) is 5.32 Å². The molecule has 0 saturated carbocycles. The van der Waals surface area contributed by atoms with Crippen LogP contribution in [0.1, 0.15) is 10.4 Å². The summed E-state index contributed by atoms with van der Waals surface area (Å²) in [5, 5.41) is 13.6. The third-order valence-corrected chi connectivity index (χ3v) is 5.36. The van der Waals surface area contributed by atoms with Crippen LogP contribution in [0.3, 0.4) is 0 Å². The molecule has 132 valence electrons. The summed E-state index contributed by atoms with van der Waals surface area (Å²) in [6, 6.07) is 9.10. The van der Waals surface area contributed by atoms with Crippen molar-refractivity contribution in [1.82, 2.24) is 4.31 Å². The first kappa shape index (κ1) is 18.8. The van der Waals surface area contributed by atoms with E-state index in [0.29, 0.717) is 0 Å². The number of nitro benzene ring substituents is 1. The number of carbonyl (C=O) groups is 1. The van der Waals surface area contributed by atoms with Gasteiger partial charge in [0, 0.05) is 30.7 Å². The maximum atomic E-state index is 12.2. The summed E-state index contributed by atoms with van der Waals surface area (Å²) in [4.78, 5) is 22.7. The van der Waals surface area contributed by atoms with E-state index in [9.17, 15) is 23.3 Å². The number of amides is 1. The number of benzene rings is 2. The van der Waals surface area contributed by atoms with Gasteiger partial charge in [-0.05, 0) is 36.4 Å². The number of sulfonamides is 1. The van der Waals surface area contributed by atoms with Gasteiger partial charge >= 0.3 is 0 Å².